The predicted molar refractivity (Wildman–Crippen MR) is 101 cm³/mol. The number of rotatable bonds is 6. The van der Waals surface area contributed by atoms with Gasteiger partial charge in [0, 0.05) is 24.0 Å². The number of urea groups is 1. The van der Waals surface area contributed by atoms with E-state index >= 15 is 0 Å². The first-order chi connectivity index (χ1) is 12.4. The molecule has 0 saturated carbocycles. The number of hydrogen-bond acceptors (Lipinski definition) is 3. The first kappa shape index (κ1) is 19.0. The molecule has 2 rings (SSSR count). The van der Waals surface area contributed by atoms with Gasteiger partial charge in [-0.15, -0.1) is 0 Å². The van der Waals surface area contributed by atoms with Gasteiger partial charge in [-0.1, -0.05) is 25.1 Å². The largest absolute Gasteiger partial charge is 0.351 e. The van der Waals surface area contributed by atoms with Crippen LogP contribution < -0.4 is 16.4 Å². The summed E-state index contributed by atoms with van der Waals surface area (Å²) in [4.78, 5) is 36.8. The van der Waals surface area contributed by atoms with Crippen LogP contribution in [-0.2, 0) is 11.2 Å². The zero-order chi connectivity index (χ0) is 19.1. The summed E-state index contributed by atoms with van der Waals surface area (Å²) >= 11 is 0. The number of hydrogen-bond donors (Lipinski definition) is 3. The van der Waals surface area contributed by atoms with Crippen LogP contribution in [0.5, 0.6) is 0 Å². The van der Waals surface area contributed by atoms with Crippen molar-refractivity contribution in [3.05, 3.63) is 59.7 Å². The molecule has 4 N–H and O–H groups in total. The van der Waals surface area contributed by atoms with Crippen molar-refractivity contribution >= 4 is 29.2 Å². The van der Waals surface area contributed by atoms with Gasteiger partial charge >= 0.3 is 6.03 Å². The summed E-state index contributed by atoms with van der Waals surface area (Å²) in [6.45, 7) is 1.94. The van der Waals surface area contributed by atoms with Gasteiger partial charge in [0.2, 0.25) is 5.91 Å². The summed E-state index contributed by atoms with van der Waals surface area (Å²) in [6, 6.07) is 13.2. The fourth-order valence-electron chi connectivity index (χ4n) is 2.49. The molecule has 4 amide bonds. The molecule has 0 radical (unpaired) electrons. The van der Waals surface area contributed by atoms with Crippen LogP contribution >= 0.6 is 0 Å². The molecule has 0 aliphatic carbocycles. The highest BCUT2D eigenvalue weighted by molar-refractivity contribution is 5.99. The Kier molecular flexibility index (Phi) is 6.32. The Morgan fingerprint density at radius 2 is 1.65 bits per heavy atom. The van der Waals surface area contributed by atoms with Crippen LogP contribution in [0.2, 0.25) is 0 Å². The van der Waals surface area contributed by atoms with Crippen molar-refractivity contribution in [1.29, 1.82) is 0 Å². The highest BCUT2D eigenvalue weighted by Crippen LogP contribution is 2.15. The molecule has 0 fully saturated rings. The molecule has 7 heteroatoms. The van der Waals surface area contributed by atoms with E-state index in [0.717, 1.165) is 17.7 Å². The van der Waals surface area contributed by atoms with E-state index in [1.54, 1.807) is 31.3 Å². The highest BCUT2D eigenvalue weighted by Gasteiger charge is 2.15. The molecule has 136 valence electrons. The molecule has 2 aromatic carbocycles. The second-order valence-electron chi connectivity index (χ2n) is 5.79. The summed E-state index contributed by atoms with van der Waals surface area (Å²) in [5, 5.41) is 5.26. The number of amides is 4. The maximum Gasteiger partial charge on any atom is 0.316 e. The number of likely N-dealkylation sites (N-methyl/N-ethyl adjacent to an activating group) is 1. The van der Waals surface area contributed by atoms with Crippen molar-refractivity contribution in [1.82, 2.24) is 4.90 Å². The topological polar surface area (TPSA) is 105 Å². The maximum absolute atomic E-state index is 12.4. The van der Waals surface area contributed by atoms with Gasteiger partial charge in [0.05, 0.1) is 6.54 Å². The highest BCUT2D eigenvalue weighted by atomic mass is 16.2. The monoisotopic (exact) mass is 354 g/mol. The first-order valence-corrected chi connectivity index (χ1v) is 8.20. The standard InChI is InChI=1S/C19H22N4O3/c1-3-13-6-4-5-7-16(13)22-17(24)12-23(2)18(25)14-8-10-15(11-9-14)21-19(20)26/h4-11H,3,12H2,1-2H3,(H,22,24)(H3,20,21,26). The number of primary amides is 1. The Morgan fingerprint density at radius 1 is 1.00 bits per heavy atom. The molecule has 26 heavy (non-hydrogen) atoms. The second kappa shape index (κ2) is 8.66. The Hall–Kier alpha value is -3.35. The lowest BCUT2D eigenvalue weighted by Gasteiger charge is -2.18. The number of para-hydroxylation sites is 1. The Balaban J connectivity index is 1.97. The van der Waals surface area contributed by atoms with Gasteiger partial charge in [-0.3, -0.25) is 9.59 Å². The summed E-state index contributed by atoms with van der Waals surface area (Å²) in [5.41, 5.74) is 7.72. The van der Waals surface area contributed by atoms with Crippen LogP contribution in [0.25, 0.3) is 0 Å². The van der Waals surface area contributed by atoms with Crippen LogP contribution in [0, 0.1) is 0 Å². The SMILES string of the molecule is CCc1ccccc1NC(=O)CN(C)C(=O)c1ccc(NC(N)=O)cc1. The predicted octanol–water partition coefficient (Wildman–Crippen LogP) is 2.45. The molecule has 0 aliphatic rings. The zero-order valence-corrected chi connectivity index (χ0v) is 14.8. The number of carbonyl (C=O) groups excluding carboxylic acids is 3. The van der Waals surface area contributed by atoms with E-state index in [9.17, 15) is 14.4 Å². The number of nitrogens with one attached hydrogen (secondary N) is 2. The fraction of sp³-hybridized carbons (Fsp3) is 0.211. The van der Waals surface area contributed by atoms with Crippen molar-refractivity contribution < 1.29 is 14.4 Å². The second-order valence-corrected chi connectivity index (χ2v) is 5.79. The van der Waals surface area contributed by atoms with Gasteiger partial charge in [0.1, 0.15) is 0 Å². The van der Waals surface area contributed by atoms with Crippen molar-refractivity contribution in [2.45, 2.75) is 13.3 Å². The lowest BCUT2D eigenvalue weighted by Crippen LogP contribution is -2.35. The molecule has 0 heterocycles. The zero-order valence-electron chi connectivity index (χ0n) is 14.8. The molecule has 0 aromatic heterocycles. The third kappa shape index (κ3) is 5.07. The number of aryl methyl sites for hydroxylation is 1. The molecule has 0 bridgehead atoms. The Bertz CT molecular complexity index is 803. The molecule has 0 atom stereocenters. The van der Waals surface area contributed by atoms with Gasteiger partial charge < -0.3 is 21.3 Å². The quantitative estimate of drug-likeness (QED) is 0.742. The minimum absolute atomic E-state index is 0.0713. The third-order valence-electron chi connectivity index (χ3n) is 3.80. The Morgan fingerprint density at radius 3 is 2.27 bits per heavy atom. The summed E-state index contributed by atoms with van der Waals surface area (Å²) in [6.07, 6.45) is 0.802. The fourth-order valence-corrected chi connectivity index (χ4v) is 2.49. The minimum Gasteiger partial charge on any atom is -0.351 e. The van der Waals surface area contributed by atoms with Crippen molar-refractivity contribution in [3.8, 4) is 0 Å². The number of anilines is 2. The number of nitrogens with zero attached hydrogens (tertiary/aromatic N) is 1. The summed E-state index contributed by atoms with van der Waals surface area (Å²) in [7, 11) is 1.56. The van der Waals surface area contributed by atoms with E-state index < -0.39 is 6.03 Å². The lowest BCUT2D eigenvalue weighted by molar-refractivity contribution is -0.116. The Labute approximate surface area is 152 Å². The van der Waals surface area contributed by atoms with E-state index in [1.165, 1.54) is 4.90 Å². The maximum atomic E-state index is 12.4. The van der Waals surface area contributed by atoms with Crippen LogP contribution in [-0.4, -0.2) is 36.3 Å². The van der Waals surface area contributed by atoms with E-state index in [1.807, 2.05) is 31.2 Å². The minimum atomic E-state index is -0.676. The molecule has 0 unspecified atom stereocenters. The van der Waals surface area contributed by atoms with E-state index in [-0.39, 0.29) is 18.4 Å². The van der Waals surface area contributed by atoms with Gasteiger partial charge in [-0.05, 0) is 42.3 Å². The van der Waals surface area contributed by atoms with E-state index in [4.69, 9.17) is 5.73 Å². The number of benzene rings is 2. The van der Waals surface area contributed by atoms with Crippen LogP contribution in [0.1, 0.15) is 22.8 Å². The average Bonchev–Trinajstić information content (AvgIpc) is 2.61. The number of carbonyl (C=O) groups is 3. The van der Waals surface area contributed by atoms with Crippen LogP contribution in [0.4, 0.5) is 16.2 Å². The molecule has 0 saturated heterocycles. The first-order valence-electron chi connectivity index (χ1n) is 8.20. The molecular formula is C19H22N4O3. The lowest BCUT2D eigenvalue weighted by atomic mass is 10.1. The van der Waals surface area contributed by atoms with Crippen molar-refractivity contribution in [2.75, 3.05) is 24.2 Å². The average molecular weight is 354 g/mol. The molecule has 2 aromatic rings. The summed E-state index contributed by atoms with van der Waals surface area (Å²) in [5.74, 6) is -0.566. The molecule has 0 aliphatic heterocycles. The normalized spacial score (nSPS) is 10.1. The van der Waals surface area contributed by atoms with Gasteiger partial charge in [0.15, 0.2) is 0 Å². The smallest absolute Gasteiger partial charge is 0.316 e. The van der Waals surface area contributed by atoms with E-state index in [2.05, 4.69) is 10.6 Å². The third-order valence-corrected chi connectivity index (χ3v) is 3.80. The summed E-state index contributed by atoms with van der Waals surface area (Å²) < 4.78 is 0. The van der Waals surface area contributed by atoms with Crippen molar-refractivity contribution in [3.63, 3.8) is 0 Å². The van der Waals surface area contributed by atoms with Gasteiger partial charge in [-0.2, -0.15) is 0 Å². The van der Waals surface area contributed by atoms with E-state index in [0.29, 0.717) is 11.3 Å². The van der Waals surface area contributed by atoms with Gasteiger partial charge in [-0.25, -0.2) is 4.79 Å². The van der Waals surface area contributed by atoms with Crippen LogP contribution in [0.15, 0.2) is 48.5 Å². The van der Waals surface area contributed by atoms with Crippen molar-refractivity contribution in [2.24, 2.45) is 5.73 Å². The molecule has 0 spiro atoms. The van der Waals surface area contributed by atoms with Gasteiger partial charge in [0.25, 0.3) is 5.91 Å². The number of nitrogens with two attached hydrogens (primary N) is 1. The molecular weight excluding hydrogens is 332 g/mol. The molecule has 7 nitrogen and oxygen atoms in total. The van der Waals surface area contributed by atoms with Crippen LogP contribution in [0.3, 0.4) is 0 Å².